The molecule has 5 nitrogen and oxygen atoms in total. The van der Waals surface area contributed by atoms with Gasteiger partial charge in [-0.2, -0.15) is 0 Å². The van der Waals surface area contributed by atoms with E-state index in [4.69, 9.17) is 10.9 Å². The zero-order chi connectivity index (χ0) is 13.5. The summed E-state index contributed by atoms with van der Waals surface area (Å²) in [5.41, 5.74) is 8.42. The van der Waals surface area contributed by atoms with Gasteiger partial charge in [-0.3, -0.25) is 0 Å². The molecule has 0 aromatic heterocycles. The van der Waals surface area contributed by atoms with Gasteiger partial charge in [0.2, 0.25) is 0 Å². The smallest absolute Gasteiger partial charge is 0.170 e. The molecule has 1 unspecified atom stereocenters. The van der Waals surface area contributed by atoms with Gasteiger partial charge in [-0.05, 0) is 30.5 Å². The molecule has 1 aromatic rings. The fraction of sp³-hybridized carbons (Fsp3) is 0.462. The standard InChI is InChI=1S/C13H21N3O2/c1-3-12(17)8-15-7-11-5-4-10(6-9(11)2)13(14)16-18/h4-6,12,15,17-18H,3,7-8H2,1-2H3,(H2,14,16). The zero-order valence-corrected chi connectivity index (χ0v) is 10.8. The second-order valence-electron chi connectivity index (χ2n) is 4.32. The number of aliphatic hydroxyl groups excluding tert-OH is 1. The molecular weight excluding hydrogens is 230 g/mol. The number of oxime groups is 1. The van der Waals surface area contributed by atoms with Crippen molar-refractivity contribution < 1.29 is 10.3 Å². The number of nitrogens with zero attached hydrogens (tertiary/aromatic N) is 1. The predicted molar refractivity (Wildman–Crippen MR) is 71.7 cm³/mol. The highest BCUT2D eigenvalue weighted by atomic mass is 16.4. The molecule has 1 rings (SSSR count). The molecule has 0 saturated carbocycles. The third-order valence-electron chi connectivity index (χ3n) is 2.91. The lowest BCUT2D eigenvalue weighted by Gasteiger charge is -2.11. The highest BCUT2D eigenvalue weighted by Crippen LogP contribution is 2.11. The molecule has 100 valence electrons. The van der Waals surface area contributed by atoms with Crippen molar-refractivity contribution >= 4 is 5.84 Å². The first-order valence-electron chi connectivity index (χ1n) is 6.04. The highest BCUT2D eigenvalue weighted by Gasteiger charge is 2.04. The van der Waals surface area contributed by atoms with Crippen molar-refractivity contribution in [2.75, 3.05) is 6.54 Å². The van der Waals surface area contributed by atoms with Gasteiger partial charge in [0.25, 0.3) is 0 Å². The van der Waals surface area contributed by atoms with Crippen LogP contribution in [0.4, 0.5) is 0 Å². The van der Waals surface area contributed by atoms with Gasteiger partial charge in [0.1, 0.15) is 0 Å². The van der Waals surface area contributed by atoms with Crippen LogP contribution >= 0.6 is 0 Å². The maximum Gasteiger partial charge on any atom is 0.170 e. The first kappa shape index (κ1) is 14.5. The monoisotopic (exact) mass is 251 g/mol. The van der Waals surface area contributed by atoms with Crippen LogP contribution in [0.2, 0.25) is 0 Å². The van der Waals surface area contributed by atoms with Crippen molar-refractivity contribution in [3.05, 3.63) is 34.9 Å². The second kappa shape index (κ2) is 6.98. The van der Waals surface area contributed by atoms with E-state index in [1.165, 1.54) is 0 Å². The molecule has 5 N–H and O–H groups in total. The Labute approximate surface area is 107 Å². The Morgan fingerprint density at radius 2 is 2.22 bits per heavy atom. The van der Waals surface area contributed by atoms with Gasteiger partial charge in [0, 0.05) is 18.7 Å². The fourth-order valence-electron chi connectivity index (χ4n) is 1.63. The molecule has 0 bridgehead atoms. The van der Waals surface area contributed by atoms with Gasteiger partial charge in [0.15, 0.2) is 5.84 Å². The summed E-state index contributed by atoms with van der Waals surface area (Å²) in [6, 6.07) is 5.63. The van der Waals surface area contributed by atoms with Crippen molar-refractivity contribution in [2.45, 2.75) is 32.9 Å². The van der Waals surface area contributed by atoms with E-state index in [0.717, 1.165) is 17.5 Å². The van der Waals surface area contributed by atoms with Crippen LogP contribution in [0.25, 0.3) is 0 Å². The first-order chi connectivity index (χ1) is 8.58. The molecule has 0 radical (unpaired) electrons. The maximum atomic E-state index is 9.43. The molecule has 0 aliphatic rings. The number of benzene rings is 1. The van der Waals surface area contributed by atoms with E-state index in [1.807, 2.05) is 32.0 Å². The summed E-state index contributed by atoms with van der Waals surface area (Å²) in [4.78, 5) is 0. The lowest BCUT2D eigenvalue weighted by molar-refractivity contribution is 0.167. The van der Waals surface area contributed by atoms with Crippen LogP contribution in [0.15, 0.2) is 23.4 Å². The largest absolute Gasteiger partial charge is 0.409 e. The minimum Gasteiger partial charge on any atom is -0.409 e. The molecular formula is C13H21N3O2. The zero-order valence-electron chi connectivity index (χ0n) is 10.8. The third kappa shape index (κ3) is 4.01. The van der Waals surface area contributed by atoms with Crippen LogP contribution in [0.5, 0.6) is 0 Å². The van der Waals surface area contributed by atoms with E-state index >= 15 is 0 Å². The third-order valence-corrected chi connectivity index (χ3v) is 2.91. The summed E-state index contributed by atoms with van der Waals surface area (Å²) in [6.45, 7) is 5.20. The van der Waals surface area contributed by atoms with Crippen LogP contribution in [0, 0.1) is 6.92 Å². The van der Waals surface area contributed by atoms with E-state index in [9.17, 15) is 5.11 Å². The summed E-state index contributed by atoms with van der Waals surface area (Å²) >= 11 is 0. The van der Waals surface area contributed by atoms with Crippen LogP contribution in [0.3, 0.4) is 0 Å². The predicted octanol–water partition coefficient (Wildman–Crippen LogP) is 0.950. The van der Waals surface area contributed by atoms with Crippen LogP contribution in [-0.4, -0.2) is 28.8 Å². The lowest BCUT2D eigenvalue weighted by Crippen LogP contribution is -2.26. The average Bonchev–Trinajstić information content (AvgIpc) is 2.39. The van der Waals surface area contributed by atoms with E-state index in [1.54, 1.807) is 0 Å². The van der Waals surface area contributed by atoms with Gasteiger partial charge >= 0.3 is 0 Å². The van der Waals surface area contributed by atoms with Crippen molar-refractivity contribution in [3.63, 3.8) is 0 Å². The van der Waals surface area contributed by atoms with Crippen molar-refractivity contribution in [3.8, 4) is 0 Å². The van der Waals surface area contributed by atoms with E-state index in [2.05, 4.69) is 10.5 Å². The Kier molecular flexibility index (Phi) is 5.61. The Balaban J connectivity index is 2.63. The summed E-state index contributed by atoms with van der Waals surface area (Å²) < 4.78 is 0. The first-order valence-corrected chi connectivity index (χ1v) is 6.04. The molecule has 1 aromatic carbocycles. The topological polar surface area (TPSA) is 90.9 Å². The summed E-state index contributed by atoms with van der Waals surface area (Å²) in [7, 11) is 0. The minimum atomic E-state index is -0.304. The number of rotatable bonds is 6. The van der Waals surface area contributed by atoms with Gasteiger partial charge in [-0.25, -0.2) is 0 Å². The number of nitrogens with one attached hydrogen (secondary N) is 1. The number of nitrogens with two attached hydrogens (primary N) is 1. The van der Waals surface area contributed by atoms with Crippen molar-refractivity contribution in [1.29, 1.82) is 0 Å². The molecule has 0 amide bonds. The van der Waals surface area contributed by atoms with Gasteiger partial charge in [-0.15, -0.1) is 0 Å². The molecule has 0 heterocycles. The minimum absolute atomic E-state index is 0.110. The Hall–Kier alpha value is -1.59. The Morgan fingerprint density at radius 1 is 1.50 bits per heavy atom. The molecule has 0 aliphatic heterocycles. The quantitative estimate of drug-likeness (QED) is 0.262. The molecule has 0 aliphatic carbocycles. The van der Waals surface area contributed by atoms with Crippen LogP contribution in [0.1, 0.15) is 30.0 Å². The van der Waals surface area contributed by atoms with Gasteiger partial charge in [0.05, 0.1) is 6.10 Å². The lowest BCUT2D eigenvalue weighted by atomic mass is 10.0. The molecule has 0 fully saturated rings. The van der Waals surface area contributed by atoms with Crippen molar-refractivity contribution in [2.24, 2.45) is 10.9 Å². The average molecular weight is 251 g/mol. The summed E-state index contributed by atoms with van der Waals surface area (Å²) in [5.74, 6) is 0.110. The molecule has 1 atom stereocenters. The Bertz CT molecular complexity index is 419. The Morgan fingerprint density at radius 3 is 2.78 bits per heavy atom. The van der Waals surface area contributed by atoms with Crippen molar-refractivity contribution in [1.82, 2.24) is 5.32 Å². The van der Waals surface area contributed by atoms with E-state index in [0.29, 0.717) is 18.7 Å². The highest BCUT2D eigenvalue weighted by molar-refractivity contribution is 5.97. The van der Waals surface area contributed by atoms with E-state index < -0.39 is 0 Å². The number of hydrogen-bond donors (Lipinski definition) is 4. The SMILES string of the molecule is CCC(O)CNCc1ccc(/C(N)=N/O)cc1C. The normalized spacial score (nSPS) is 13.6. The molecule has 0 saturated heterocycles. The van der Waals surface area contributed by atoms with Crippen LogP contribution < -0.4 is 11.1 Å². The number of aliphatic hydroxyl groups is 1. The fourth-order valence-corrected chi connectivity index (χ4v) is 1.63. The second-order valence-corrected chi connectivity index (χ2v) is 4.32. The maximum absolute atomic E-state index is 9.43. The van der Waals surface area contributed by atoms with Gasteiger partial charge < -0.3 is 21.4 Å². The molecule has 18 heavy (non-hydrogen) atoms. The van der Waals surface area contributed by atoms with Crippen LogP contribution in [-0.2, 0) is 6.54 Å². The molecule has 5 heteroatoms. The number of aryl methyl sites for hydroxylation is 1. The number of hydrogen-bond acceptors (Lipinski definition) is 4. The van der Waals surface area contributed by atoms with Gasteiger partial charge in [-0.1, -0.05) is 24.2 Å². The summed E-state index contributed by atoms with van der Waals surface area (Å²) in [5, 5.41) is 24.2. The summed E-state index contributed by atoms with van der Waals surface area (Å²) in [6.07, 6.45) is 0.441. The van der Waals surface area contributed by atoms with E-state index in [-0.39, 0.29) is 11.9 Å². The molecule has 0 spiro atoms. The number of amidine groups is 1.